The molecular formula is C15H20FNO. The molecule has 1 fully saturated rings. The SMILES string of the molecule is CC(CC(=O)c1ccc(F)cc1)N1CCCCC1. The van der Waals surface area contributed by atoms with Gasteiger partial charge in [-0.3, -0.25) is 4.79 Å². The molecule has 0 amide bonds. The van der Waals surface area contributed by atoms with E-state index < -0.39 is 0 Å². The van der Waals surface area contributed by atoms with Crippen molar-refractivity contribution >= 4 is 5.78 Å². The lowest BCUT2D eigenvalue weighted by Gasteiger charge is -2.32. The summed E-state index contributed by atoms with van der Waals surface area (Å²) < 4.78 is 12.8. The number of benzene rings is 1. The van der Waals surface area contributed by atoms with Crippen LogP contribution in [0.2, 0.25) is 0 Å². The molecule has 0 bridgehead atoms. The number of carbonyl (C=O) groups is 1. The number of piperidine rings is 1. The molecule has 1 aromatic carbocycles. The van der Waals surface area contributed by atoms with Crippen LogP contribution in [0.1, 0.15) is 43.0 Å². The van der Waals surface area contributed by atoms with Crippen molar-refractivity contribution in [3.8, 4) is 0 Å². The number of halogens is 1. The summed E-state index contributed by atoms with van der Waals surface area (Å²) in [5.41, 5.74) is 0.611. The Balaban J connectivity index is 1.91. The van der Waals surface area contributed by atoms with E-state index in [2.05, 4.69) is 11.8 Å². The van der Waals surface area contributed by atoms with Crippen LogP contribution in [0.4, 0.5) is 4.39 Å². The first kappa shape index (κ1) is 13.2. The van der Waals surface area contributed by atoms with Crippen LogP contribution in [0, 0.1) is 5.82 Å². The minimum absolute atomic E-state index is 0.105. The lowest BCUT2D eigenvalue weighted by Crippen LogP contribution is -2.38. The van der Waals surface area contributed by atoms with E-state index in [1.807, 2.05) is 0 Å². The van der Waals surface area contributed by atoms with Crippen molar-refractivity contribution in [2.24, 2.45) is 0 Å². The second-order valence-electron chi connectivity index (χ2n) is 5.08. The van der Waals surface area contributed by atoms with Gasteiger partial charge in [0.25, 0.3) is 0 Å². The number of nitrogens with zero attached hydrogens (tertiary/aromatic N) is 1. The van der Waals surface area contributed by atoms with E-state index in [-0.39, 0.29) is 17.6 Å². The van der Waals surface area contributed by atoms with Crippen LogP contribution < -0.4 is 0 Å². The van der Waals surface area contributed by atoms with Gasteiger partial charge in [0.05, 0.1) is 0 Å². The van der Waals surface area contributed by atoms with E-state index in [0.717, 1.165) is 13.1 Å². The van der Waals surface area contributed by atoms with Gasteiger partial charge in [-0.15, -0.1) is 0 Å². The van der Waals surface area contributed by atoms with Crippen LogP contribution in [-0.2, 0) is 0 Å². The van der Waals surface area contributed by atoms with Gasteiger partial charge in [0.1, 0.15) is 5.82 Å². The van der Waals surface area contributed by atoms with Gasteiger partial charge in [-0.2, -0.15) is 0 Å². The molecule has 0 spiro atoms. The molecule has 0 aliphatic carbocycles. The molecule has 0 aromatic heterocycles. The minimum atomic E-state index is -0.296. The van der Waals surface area contributed by atoms with Gasteiger partial charge in [-0.25, -0.2) is 4.39 Å². The molecule has 98 valence electrons. The molecule has 1 aromatic rings. The lowest BCUT2D eigenvalue weighted by atomic mass is 10.0. The van der Waals surface area contributed by atoms with E-state index in [4.69, 9.17) is 0 Å². The largest absolute Gasteiger partial charge is 0.300 e. The molecule has 18 heavy (non-hydrogen) atoms. The molecule has 1 atom stereocenters. The molecule has 3 heteroatoms. The summed E-state index contributed by atoms with van der Waals surface area (Å²) >= 11 is 0. The lowest BCUT2D eigenvalue weighted by molar-refractivity contribution is 0.0911. The third-order valence-corrected chi connectivity index (χ3v) is 3.66. The number of likely N-dealkylation sites (tertiary alicyclic amines) is 1. The van der Waals surface area contributed by atoms with Crippen LogP contribution in [0.5, 0.6) is 0 Å². The average Bonchev–Trinajstić information content (AvgIpc) is 2.40. The maximum Gasteiger partial charge on any atom is 0.164 e. The predicted molar refractivity (Wildman–Crippen MR) is 70.2 cm³/mol. The number of hydrogen-bond donors (Lipinski definition) is 0. The van der Waals surface area contributed by atoms with Gasteiger partial charge >= 0.3 is 0 Å². The fraction of sp³-hybridized carbons (Fsp3) is 0.533. The Morgan fingerprint density at radius 1 is 1.22 bits per heavy atom. The standard InChI is InChI=1S/C15H20FNO/c1-12(17-9-3-2-4-10-17)11-15(18)13-5-7-14(16)8-6-13/h5-8,12H,2-4,9-11H2,1H3. The zero-order chi connectivity index (χ0) is 13.0. The number of rotatable bonds is 4. The number of Topliss-reactive ketones (excluding diaryl/α,β-unsaturated/α-hetero) is 1. The van der Waals surface area contributed by atoms with Crippen LogP contribution in [-0.4, -0.2) is 29.8 Å². The van der Waals surface area contributed by atoms with Crippen molar-refractivity contribution in [1.29, 1.82) is 0 Å². The second-order valence-corrected chi connectivity index (χ2v) is 5.08. The Morgan fingerprint density at radius 2 is 1.83 bits per heavy atom. The molecule has 0 saturated carbocycles. The van der Waals surface area contributed by atoms with E-state index >= 15 is 0 Å². The molecule has 1 unspecified atom stereocenters. The monoisotopic (exact) mass is 249 g/mol. The molecule has 1 aliphatic heterocycles. The Kier molecular flexibility index (Phi) is 4.48. The smallest absolute Gasteiger partial charge is 0.164 e. The first-order valence-electron chi connectivity index (χ1n) is 6.69. The van der Waals surface area contributed by atoms with Gasteiger partial charge in [0.15, 0.2) is 5.78 Å². The fourth-order valence-corrected chi connectivity index (χ4v) is 2.51. The van der Waals surface area contributed by atoms with Crippen molar-refractivity contribution < 1.29 is 9.18 Å². The minimum Gasteiger partial charge on any atom is -0.300 e. The van der Waals surface area contributed by atoms with E-state index in [1.54, 1.807) is 12.1 Å². The van der Waals surface area contributed by atoms with Gasteiger partial charge in [0.2, 0.25) is 0 Å². The molecule has 0 N–H and O–H groups in total. The highest BCUT2D eigenvalue weighted by molar-refractivity contribution is 5.96. The molecule has 1 heterocycles. The Labute approximate surface area is 108 Å². The Bertz CT molecular complexity index is 395. The topological polar surface area (TPSA) is 20.3 Å². The average molecular weight is 249 g/mol. The quantitative estimate of drug-likeness (QED) is 0.763. The number of carbonyl (C=O) groups excluding carboxylic acids is 1. The molecule has 2 rings (SSSR count). The normalized spacial score (nSPS) is 18.6. The zero-order valence-corrected chi connectivity index (χ0v) is 10.9. The predicted octanol–water partition coefficient (Wildman–Crippen LogP) is 3.27. The van der Waals surface area contributed by atoms with Crippen LogP contribution in [0.15, 0.2) is 24.3 Å². The summed E-state index contributed by atoms with van der Waals surface area (Å²) in [4.78, 5) is 14.4. The molecule has 1 saturated heterocycles. The maximum atomic E-state index is 12.8. The highest BCUT2D eigenvalue weighted by Crippen LogP contribution is 2.16. The summed E-state index contributed by atoms with van der Waals surface area (Å²) in [5, 5.41) is 0. The van der Waals surface area contributed by atoms with Crippen molar-refractivity contribution in [3.05, 3.63) is 35.6 Å². The third-order valence-electron chi connectivity index (χ3n) is 3.66. The van der Waals surface area contributed by atoms with E-state index in [1.165, 1.54) is 31.4 Å². The van der Waals surface area contributed by atoms with Crippen molar-refractivity contribution in [3.63, 3.8) is 0 Å². The molecule has 0 radical (unpaired) electrons. The van der Waals surface area contributed by atoms with Crippen LogP contribution in [0.3, 0.4) is 0 Å². The summed E-state index contributed by atoms with van der Waals surface area (Å²) in [5.74, 6) is -0.191. The molecule has 2 nitrogen and oxygen atoms in total. The van der Waals surface area contributed by atoms with Crippen molar-refractivity contribution in [2.75, 3.05) is 13.1 Å². The summed E-state index contributed by atoms with van der Waals surface area (Å²) in [6.45, 7) is 4.29. The number of ketones is 1. The zero-order valence-electron chi connectivity index (χ0n) is 10.9. The van der Waals surface area contributed by atoms with Crippen molar-refractivity contribution in [1.82, 2.24) is 4.90 Å². The summed E-state index contributed by atoms with van der Waals surface area (Å²) in [6, 6.07) is 6.11. The fourth-order valence-electron chi connectivity index (χ4n) is 2.51. The van der Waals surface area contributed by atoms with E-state index in [0.29, 0.717) is 12.0 Å². The van der Waals surface area contributed by atoms with Gasteiger partial charge in [-0.05, 0) is 57.1 Å². The summed E-state index contributed by atoms with van der Waals surface area (Å²) in [7, 11) is 0. The molecular weight excluding hydrogens is 229 g/mol. The Hall–Kier alpha value is -1.22. The molecule has 1 aliphatic rings. The van der Waals surface area contributed by atoms with E-state index in [9.17, 15) is 9.18 Å². The summed E-state index contributed by atoms with van der Waals surface area (Å²) in [6.07, 6.45) is 4.28. The van der Waals surface area contributed by atoms with Crippen LogP contribution in [0.25, 0.3) is 0 Å². The van der Waals surface area contributed by atoms with Gasteiger partial charge in [-0.1, -0.05) is 6.42 Å². The van der Waals surface area contributed by atoms with Crippen molar-refractivity contribution in [2.45, 2.75) is 38.6 Å². The van der Waals surface area contributed by atoms with Crippen LogP contribution >= 0.6 is 0 Å². The Morgan fingerprint density at radius 3 is 2.44 bits per heavy atom. The highest BCUT2D eigenvalue weighted by atomic mass is 19.1. The highest BCUT2D eigenvalue weighted by Gasteiger charge is 2.19. The number of hydrogen-bond acceptors (Lipinski definition) is 2. The maximum absolute atomic E-state index is 12.8. The first-order chi connectivity index (χ1) is 8.66. The first-order valence-corrected chi connectivity index (χ1v) is 6.69. The van der Waals surface area contributed by atoms with Gasteiger partial charge in [0, 0.05) is 18.0 Å². The van der Waals surface area contributed by atoms with Gasteiger partial charge < -0.3 is 4.90 Å². The second kappa shape index (κ2) is 6.10. The third kappa shape index (κ3) is 3.39.